The minimum Gasteiger partial charge on any atom is -0.316 e. The van der Waals surface area contributed by atoms with E-state index in [1.54, 1.807) is 11.1 Å². The monoisotopic (exact) mass is 187 g/mol. The summed E-state index contributed by atoms with van der Waals surface area (Å²) in [4.78, 5) is 0. The van der Waals surface area contributed by atoms with E-state index in [-0.39, 0.29) is 0 Å². The zero-order valence-corrected chi connectivity index (χ0v) is 8.50. The van der Waals surface area contributed by atoms with Crippen molar-refractivity contribution in [3.63, 3.8) is 0 Å². The third-order valence-corrected chi connectivity index (χ3v) is 3.85. The highest BCUT2D eigenvalue weighted by atomic mass is 14.9. The van der Waals surface area contributed by atoms with Crippen LogP contribution in [0.15, 0.2) is 24.3 Å². The summed E-state index contributed by atoms with van der Waals surface area (Å²) < 4.78 is 0. The van der Waals surface area contributed by atoms with Gasteiger partial charge in [-0.15, -0.1) is 0 Å². The van der Waals surface area contributed by atoms with Gasteiger partial charge in [0, 0.05) is 0 Å². The quantitative estimate of drug-likeness (QED) is 0.711. The summed E-state index contributed by atoms with van der Waals surface area (Å²) in [7, 11) is 0. The fraction of sp³-hybridized carbons (Fsp3) is 0.538. The lowest BCUT2D eigenvalue weighted by molar-refractivity contribution is 0.456. The summed E-state index contributed by atoms with van der Waals surface area (Å²) in [5.41, 5.74) is 3.24. The van der Waals surface area contributed by atoms with E-state index in [1.807, 2.05) is 0 Å². The van der Waals surface area contributed by atoms with Crippen LogP contribution in [0.3, 0.4) is 0 Å². The zero-order chi connectivity index (χ0) is 9.38. The van der Waals surface area contributed by atoms with Crippen LogP contribution in [-0.2, 0) is 6.42 Å². The molecule has 0 amide bonds. The molecule has 0 radical (unpaired) electrons. The molecule has 0 spiro atoms. The van der Waals surface area contributed by atoms with Crippen molar-refractivity contribution >= 4 is 0 Å². The first-order chi connectivity index (χ1) is 6.95. The third-order valence-electron chi connectivity index (χ3n) is 3.85. The third kappa shape index (κ3) is 1.27. The molecule has 0 aromatic heterocycles. The molecule has 2 unspecified atom stereocenters. The molecule has 14 heavy (non-hydrogen) atoms. The van der Waals surface area contributed by atoms with Crippen LogP contribution in [0.2, 0.25) is 0 Å². The molecule has 1 aliphatic heterocycles. The Morgan fingerprint density at radius 2 is 2.07 bits per heavy atom. The molecule has 1 aromatic carbocycles. The highest BCUT2D eigenvalue weighted by molar-refractivity contribution is 5.35. The smallest absolute Gasteiger partial charge is 0.00142 e. The summed E-state index contributed by atoms with van der Waals surface area (Å²) in [6.07, 6.45) is 4.06. The minimum absolute atomic E-state index is 0.848. The van der Waals surface area contributed by atoms with Crippen LogP contribution >= 0.6 is 0 Å². The molecule has 0 bridgehead atoms. The Bertz CT molecular complexity index is 326. The van der Waals surface area contributed by atoms with Gasteiger partial charge in [0.15, 0.2) is 0 Å². The van der Waals surface area contributed by atoms with E-state index in [2.05, 4.69) is 29.6 Å². The van der Waals surface area contributed by atoms with Crippen LogP contribution in [0.1, 0.15) is 29.9 Å². The first kappa shape index (κ1) is 8.49. The van der Waals surface area contributed by atoms with Gasteiger partial charge >= 0.3 is 0 Å². The SMILES string of the molecule is c1ccc2c(c1)CCC2C1CCNC1. The number of benzene rings is 1. The van der Waals surface area contributed by atoms with E-state index in [1.165, 1.54) is 32.4 Å². The van der Waals surface area contributed by atoms with E-state index < -0.39 is 0 Å². The molecule has 1 aromatic rings. The molecular weight excluding hydrogens is 170 g/mol. The molecule has 1 nitrogen and oxygen atoms in total. The summed E-state index contributed by atoms with van der Waals surface area (Å²) in [6, 6.07) is 9.01. The van der Waals surface area contributed by atoms with E-state index in [0.29, 0.717) is 0 Å². The average Bonchev–Trinajstić information content (AvgIpc) is 2.85. The Balaban J connectivity index is 1.89. The molecule has 1 aliphatic carbocycles. The number of nitrogens with one attached hydrogen (secondary N) is 1. The van der Waals surface area contributed by atoms with Crippen molar-refractivity contribution in [3.8, 4) is 0 Å². The van der Waals surface area contributed by atoms with Crippen molar-refractivity contribution in [2.75, 3.05) is 13.1 Å². The molecule has 2 atom stereocenters. The van der Waals surface area contributed by atoms with Crippen LogP contribution in [0.5, 0.6) is 0 Å². The van der Waals surface area contributed by atoms with Gasteiger partial charge in [0.25, 0.3) is 0 Å². The van der Waals surface area contributed by atoms with Gasteiger partial charge in [0.2, 0.25) is 0 Å². The van der Waals surface area contributed by atoms with Crippen LogP contribution in [0, 0.1) is 5.92 Å². The van der Waals surface area contributed by atoms with Gasteiger partial charge in [-0.2, -0.15) is 0 Å². The summed E-state index contributed by atoms with van der Waals surface area (Å²) in [6.45, 7) is 2.46. The Kier molecular flexibility index (Phi) is 2.06. The second-order valence-electron chi connectivity index (χ2n) is 4.60. The van der Waals surface area contributed by atoms with Gasteiger partial charge in [-0.3, -0.25) is 0 Å². The van der Waals surface area contributed by atoms with Crippen LogP contribution in [-0.4, -0.2) is 13.1 Å². The van der Waals surface area contributed by atoms with Crippen molar-refractivity contribution in [2.24, 2.45) is 5.92 Å². The van der Waals surface area contributed by atoms with E-state index in [4.69, 9.17) is 0 Å². The fourth-order valence-electron chi connectivity index (χ4n) is 3.10. The van der Waals surface area contributed by atoms with Crippen molar-refractivity contribution in [3.05, 3.63) is 35.4 Å². The number of fused-ring (bicyclic) bond motifs is 1. The molecule has 1 heteroatoms. The van der Waals surface area contributed by atoms with Gasteiger partial charge in [0.1, 0.15) is 0 Å². The molecule has 1 N–H and O–H groups in total. The Morgan fingerprint density at radius 1 is 1.14 bits per heavy atom. The molecule has 1 heterocycles. The standard InChI is InChI=1S/C13H17N/c1-2-4-12-10(3-1)5-6-13(12)11-7-8-14-9-11/h1-4,11,13-14H,5-9H2. The molecular formula is C13H17N. The maximum atomic E-state index is 3.48. The first-order valence-corrected chi connectivity index (χ1v) is 5.73. The first-order valence-electron chi connectivity index (χ1n) is 5.73. The topological polar surface area (TPSA) is 12.0 Å². The van der Waals surface area contributed by atoms with Crippen molar-refractivity contribution < 1.29 is 0 Å². The largest absolute Gasteiger partial charge is 0.316 e. The van der Waals surface area contributed by atoms with Gasteiger partial charge in [-0.25, -0.2) is 0 Å². The second kappa shape index (κ2) is 3.39. The molecule has 2 aliphatic rings. The van der Waals surface area contributed by atoms with Crippen molar-refractivity contribution in [1.29, 1.82) is 0 Å². The predicted molar refractivity (Wildman–Crippen MR) is 58.5 cm³/mol. The van der Waals surface area contributed by atoms with E-state index in [0.717, 1.165) is 11.8 Å². The minimum atomic E-state index is 0.848. The van der Waals surface area contributed by atoms with Gasteiger partial charge < -0.3 is 5.32 Å². The molecule has 1 fully saturated rings. The summed E-state index contributed by atoms with van der Waals surface area (Å²) >= 11 is 0. The Hall–Kier alpha value is -0.820. The van der Waals surface area contributed by atoms with Crippen LogP contribution < -0.4 is 5.32 Å². The number of hydrogen-bond donors (Lipinski definition) is 1. The maximum absolute atomic E-state index is 3.48. The summed E-state index contributed by atoms with van der Waals surface area (Å²) in [5.74, 6) is 1.75. The lowest BCUT2D eigenvalue weighted by Gasteiger charge is -2.18. The normalized spacial score (nSPS) is 30.6. The summed E-state index contributed by atoms with van der Waals surface area (Å²) in [5, 5.41) is 3.48. The Labute approximate surface area is 85.5 Å². The second-order valence-corrected chi connectivity index (χ2v) is 4.60. The lowest BCUT2D eigenvalue weighted by atomic mass is 9.87. The van der Waals surface area contributed by atoms with Crippen LogP contribution in [0.25, 0.3) is 0 Å². The highest BCUT2D eigenvalue weighted by Gasteiger charge is 2.30. The molecule has 3 rings (SSSR count). The lowest BCUT2D eigenvalue weighted by Crippen LogP contribution is -2.14. The van der Waals surface area contributed by atoms with E-state index >= 15 is 0 Å². The average molecular weight is 187 g/mol. The van der Waals surface area contributed by atoms with Crippen molar-refractivity contribution in [1.82, 2.24) is 5.32 Å². The number of aryl methyl sites for hydroxylation is 1. The maximum Gasteiger partial charge on any atom is -0.00142 e. The Morgan fingerprint density at radius 3 is 2.93 bits per heavy atom. The van der Waals surface area contributed by atoms with E-state index in [9.17, 15) is 0 Å². The number of rotatable bonds is 1. The molecule has 74 valence electrons. The number of hydrogen-bond acceptors (Lipinski definition) is 1. The zero-order valence-electron chi connectivity index (χ0n) is 8.50. The van der Waals surface area contributed by atoms with Gasteiger partial charge in [-0.1, -0.05) is 24.3 Å². The molecule has 1 saturated heterocycles. The van der Waals surface area contributed by atoms with Crippen LogP contribution in [0.4, 0.5) is 0 Å². The molecule has 0 saturated carbocycles. The highest BCUT2D eigenvalue weighted by Crippen LogP contribution is 2.40. The van der Waals surface area contributed by atoms with Gasteiger partial charge in [0.05, 0.1) is 0 Å². The predicted octanol–water partition coefficient (Wildman–Crippen LogP) is 2.33. The fourth-order valence-corrected chi connectivity index (χ4v) is 3.10. The van der Waals surface area contributed by atoms with Crippen molar-refractivity contribution in [2.45, 2.75) is 25.2 Å². The van der Waals surface area contributed by atoms with Gasteiger partial charge in [-0.05, 0) is 55.3 Å².